The number of ketones is 1. The van der Waals surface area contributed by atoms with E-state index in [0.29, 0.717) is 29.9 Å². The van der Waals surface area contributed by atoms with Gasteiger partial charge in [-0.15, -0.1) is 0 Å². The summed E-state index contributed by atoms with van der Waals surface area (Å²) in [4.78, 5) is 28.4. The summed E-state index contributed by atoms with van der Waals surface area (Å²) in [5, 5.41) is 2.99. The van der Waals surface area contributed by atoms with Crippen molar-refractivity contribution in [3.05, 3.63) is 137 Å². The standard InChI is InChI=1S/C30H28N2O2/c1-23-17-18-28(27(19-23)30(34)26-15-9-4-10-16-26)31-29(33)22-32(20-24-11-5-2-6-12-24)21-25-13-7-3-8-14-25/h2-19H,20-22H2,1H3,(H,31,33). The summed E-state index contributed by atoms with van der Waals surface area (Å²) in [6.07, 6.45) is 0. The molecule has 4 heteroatoms. The fourth-order valence-electron chi connectivity index (χ4n) is 3.94. The maximum Gasteiger partial charge on any atom is 0.238 e. The molecule has 0 spiro atoms. The van der Waals surface area contributed by atoms with E-state index in [4.69, 9.17) is 0 Å². The lowest BCUT2D eigenvalue weighted by Crippen LogP contribution is -2.33. The van der Waals surface area contributed by atoms with Crippen LogP contribution in [0.2, 0.25) is 0 Å². The summed E-state index contributed by atoms with van der Waals surface area (Å²) in [7, 11) is 0. The summed E-state index contributed by atoms with van der Waals surface area (Å²) < 4.78 is 0. The van der Waals surface area contributed by atoms with Crippen LogP contribution in [0.25, 0.3) is 0 Å². The molecule has 0 saturated heterocycles. The molecule has 0 atom stereocenters. The number of aryl methyl sites for hydroxylation is 1. The highest BCUT2D eigenvalue weighted by atomic mass is 16.2. The summed E-state index contributed by atoms with van der Waals surface area (Å²) in [5.41, 5.74) is 4.87. The van der Waals surface area contributed by atoms with Gasteiger partial charge in [-0.1, -0.05) is 103 Å². The molecule has 0 saturated carbocycles. The molecule has 1 N–H and O–H groups in total. The second kappa shape index (κ2) is 11.2. The Kier molecular flexibility index (Phi) is 7.63. The van der Waals surface area contributed by atoms with E-state index in [1.54, 1.807) is 12.1 Å². The Labute approximate surface area is 200 Å². The molecule has 0 aromatic heterocycles. The summed E-state index contributed by atoms with van der Waals surface area (Å²) in [6, 6.07) is 34.9. The van der Waals surface area contributed by atoms with Crippen LogP contribution in [0.4, 0.5) is 5.69 Å². The quantitative estimate of drug-likeness (QED) is 0.326. The van der Waals surface area contributed by atoms with E-state index in [9.17, 15) is 9.59 Å². The van der Waals surface area contributed by atoms with E-state index in [2.05, 4.69) is 34.5 Å². The maximum atomic E-state index is 13.1. The average molecular weight is 449 g/mol. The van der Waals surface area contributed by atoms with Gasteiger partial charge in [0.1, 0.15) is 0 Å². The second-order valence-electron chi connectivity index (χ2n) is 8.41. The van der Waals surface area contributed by atoms with Crippen molar-refractivity contribution in [2.45, 2.75) is 20.0 Å². The Morgan fingerprint density at radius 1 is 0.706 bits per heavy atom. The third-order valence-corrected chi connectivity index (χ3v) is 5.59. The van der Waals surface area contributed by atoms with Crippen LogP contribution in [0.1, 0.15) is 32.6 Å². The van der Waals surface area contributed by atoms with Gasteiger partial charge in [0, 0.05) is 24.2 Å². The van der Waals surface area contributed by atoms with Crippen LogP contribution < -0.4 is 5.32 Å². The highest BCUT2D eigenvalue weighted by molar-refractivity contribution is 6.14. The van der Waals surface area contributed by atoms with E-state index in [1.165, 1.54) is 0 Å². The Bertz CT molecular complexity index is 1200. The first kappa shape index (κ1) is 23.1. The molecule has 1 amide bonds. The van der Waals surface area contributed by atoms with Gasteiger partial charge in [-0.3, -0.25) is 14.5 Å². The molecule has 4 aromatic rings. The molecule has 0 aliphatic carbocycles. The topological polar surface area (TPSA) is 49.4 Å². The van der Waals surface area contributed by atoms with E-state index >= 15 is 0 Å². The molecule has 0 aliphatic rings. The smallest absolute Gasteiger partial charge is 0.238 e. The van der Waals surface area contributed by atoms with Gasteiger partial charge in [-0.05, 0) is 30.2 Å². The van der Waals surface area contributed by atoms with Gasteiger partial charge < -0.3 is 5.32 Å². The number of carbonyl (C=O) groups is 2. The average Bonchev–Trinajstić information content (AvgIpc) is 2.86. The number of hydrogen-bond donors (Lipinski definition) is 1. The van der Waals surface area contributed by atoms with Crippen LogP contribution >= 0.6 is 0 Å². The second-order valence-corrected chi connectivity index (χ2v) is 8.41. The lowest BCUT2D eigenvalue weighted by atomic mass is 9.99. The van der Waals surface area contributed by atoms with Crippen LogP contribution in [-0.2, 0) is 17.9 Å². The van der Waals surface area contributed by atoms with Crippen LogP contribution in [0.3, 0.4) is 0 Å². The Hall–Kier alpha value is -4.02. The van der Waals surface area contributed by atoms with Crippen molar-refractivity contribution in [2.24, 2.45) is 0 Å². The van der Waals surface area contributed by atoms with E-state index in [0.717, 1.165) is 16.7 Å². The molecular weight excluding hydrogens is 420 g/mol. The molecule has 0 fully saturated rings. The summed E-state index contributed by atoms with van der Waals surface area (Å²) in [5.74, 6) is -0.261. The fourth-order valence-corrected chi connectivity index (χ4v) is 3.94. The van der Waals surface area contributed by atoms with Gasteiger partial charge >= 0.3 is 0 Å². The van der Waals surface area contributed by atoms with Crippen molar-refractivity contribution in [3.63, 3.8) is 0 Å². The third-order valence-electron chi connectivity index (χ3n) is 5.59. The molecule has 0 heterocycles. The number of benzene rings is 4. The van der Waals surface area contributed by atoms with Gasteiger partial charge in [0.15, 0.2) is 5.78 Å². The minimum Gasteiger partial charge on any atom is -0.324 e. The Balaban J connectivity index is 1.53. The fraction of sp³-hybridized carbons (Fsp3) is 0.133. The number of nitrogens with zero attached hydrogens (tertiary/aromatic N) is 1. The zero-order valence-electron chi connectivity index (χ0n) is 19.3. The first-order valence-electron chi connectivity index (χ1n) is 11.4. The highest BCUT2D eigenvalue weighted by Gasteiger charge is 2.18. The zero-order chi connectivity index (χ0) is 23.8. The van der Waals surface area contributed by atoms with Crippen molar-refractivity contribution < 1.29 is 9.59 Å². The van der Waals surface area contributed by atoms with Crippen LogP contribution in [0.5, 0.6) is 0 Å². The van der Waals surface area contributed by atoms with Gasteiger partial charge in [0.25, 0.3) is 0 Å². The van der Waals surface area contributed by atoms with Gasteiger partial charge in [0.05, 0.1) is 12.2 Å². The normalized spacial score (nSPS) is 10.8. The highest BCUT2D eigenvalue weighted by Crippen LogP contribution is 2.21. The lowest BCUT2D eigenvalue weighted by molar-refractivity contribution is -0.117. The molecule has 0 bridgehead atoms. The molecule has 0 aliphatic heterocycles. The van der Waals surface area contributed by atoms with Crippen LogP contribution in [0, 0.1) is 6.92 Å². The molecular formula is C30H28N2O2. The Morgan fingerprint density at radius 3 is 1.79 bits per heavy atom. The lowest BCUT2D eigenvalue weighted by Gasteiger charge is -2.22. The number of nitrogens with one attached hydrogen (secondary N) is 1. The largest absolute Gasteiger partial charge is 0.324 e. The number of rotatable bonds is 9. The van der Waals surface area contributed by atoms with E-state index < -0.39 is 0 Å². The van der Waals surface area contributed by atoms with Crippen molar-refractivity contribution >= 4 is 17.4 Å². The van der Waals surface area contributed by atoms with Crippen molar-refractivity contribution in [1.29, 1.82) is 0 Å². The third kappa shape index (κ3) is 6.27. The SMILES string of the molecule is Cc1ccc(NC(=O)CN(Cc2ccccc2)Cc2ccccc2)c(C(=O)c2ccccc2)c1. The van der Waals surface area contributed by atoms with Gasteiger partial charge in [-0.25, -0.2) is 0 Å². The Morgan fingerprint density at radius 2 is 1.24 bits per heavy atom. The molecule has 0 unspecified atom stereocenters. The predicted octanol–water partition coefficient (Wildman–Crippen LogP) is 5.87. The first-order valence-corrected chi connectivity index (χ1v) is 11.4. The molecule has 4 rings (SSSR count). The van der Waals surface area contributed by atoms with E-state index in [1.807, 2.05) is 79.7 Å². The molecule has 34 heavy (non-hydrogen) atoms. The van der Waals surface area contributed by atoms with Gasteiger partial charge in [0.2, 0.25) is 5.91 Å². The summed E-state index contributed by atoms with van der Waals surface area (Å²) >= 11 is 0. The zero-order valence-corrected chi connectivity index (χ0v) is 19.3. The summed E-state index contributed by atoms with van der Waals surface area (Å²) in [6.45, 7) is 3.44. The first-order chi connectivity index (χ1) is 16.6. The number of hydrogen-bond acceptors (Lipinski definition) is 3. The number of carbonyl (C=O) groups excluding carboxylic acids is 2. The van der Waals surface area contributed by atoms with Gasteiger partial charge in [-0.2, -0.15) is 0 Å². The van der Waals surface area contributed by atoms with Crippen molar-refractivity contribution in [2.75, 3.05) is 11.9 Å². The van der Waals surface area contributed by atoms with Crippen LogP contribution in [-0.4, -0.2) is 23.1 Å². The molecule has 4 nitrogen and oxygen atoms in total. The molecule has 0 radical (unpaired) electrons. The number of anilines is 1. The van der Waals surface area contributed by atoms with Crippen LogP contribution in [0.15, 0.2) is 109 Å². The molecule has 4 aromatic carbocycles. The minimum atomic E-state index is -0.155. The maximum absolute atomic E-state index is 13.1. The van der Waals surface area contributed by atoms with Crippen molar-refractivity contribution in [3.8, 4) is 0 Å². The van der Waals surface area contributed by atoms with Crippen molar-refractivity contribution in [1.82, 2.24) is 4.90 Å². The minimum absolute atomic E-state index is 0.106. The monoisotopic (exact) mass is 448 g/mol. The molecule has 170 valence electrons. The number of amides is 1. The predicted molar refractivity (Wildman–Crippen MR) is 137 cm³/mol. The van der Waals surface area contributed by atoms with E-state index in [-0.39, 0.29) is 18.2 Å².